The van der Waals surface area contributed by atoms with E-state index in [0.29, 0.717) is 23.3 Å². The zero-order valence-electron chi connectivity index (χ0n) is 12.7. The second-order valence-corrected chi connectivity index (χ2v) is 10.0. The van der Waals surface area contributed by atoms with E-state index in [-0.39, 0.29) is 4.75 Å². The van der Waals surface area contributed by atoms with E-state index in [1.807, 2.05) is 25.5 Å². The predicted octanol–water partition coefficient (Wildman–Crippen LogP) is 2.67. The van der Waals surface area contributed by atoms with Crippen molar-refractivity contribution in [2.45, 2.75) is 49.2 Å². The molecule has 0 radical (unpaired) electrons. The highest BCUT2D eigenvalue weighted by atomic mass is 32.2. The van der Waals surface area contributed by atoms with Gasteiger partial charge < -0.3 is 5.32 Å². The van der Waals surface area contributed by atoms with Crippen molar-refractivity contribution in [2.24, 2.45) is 0 Å². The fourth-order valence-corrected chi connectivity index (χ4v) is 4.09. The lowest BCUT2D eigenvalue weighted by atomic mass is 10.2. The topological polar surface area (TPSA) is 58.2 Å². The Morgan fingerprint density at radius 3 is 2.60 bits per heavy atom. The Bertz CT molecular complexity index is 521. The molecule has 0 spiro atoms. The number of nitrogens with one attached hydrogen (secondary N) is 2. The summed E-state index contributed by atoms with van der Waals surface area (Å²) in [5, 5.41) is 5.17. The van der Waals surface area contributed by atoms with Crippen LogP contribution >= 0.6 is 23.1 Å². The second kappa shape index (κ2) is 7.26. The summed E-state index contributed by atoms with van der Waals surface area (Å²) >= 11 is 2.92. The maximum absolute atomic E-state index is 12.2. The van der Waals surface area contributed by atoms with E-state index in [9.17, 15) is 8.42 Å². The summed E-state index contributed by atoms with van der Waals surface area (Å²) in [7, 11) is -3.39. The minimum absolute atomic E-state index is 0.105. The van der Waals surface area contributed by atoms with Gasteiger partial charge in [-0.05, 0) is 37.1 Å². The third-order valence-electron chi connectivity index (χ3n) is 2.85. The summed E-state index contributed by atoms with van der Waals surface area (Å²) in [6.45, 7) is 9.29. The number of hydrogen-bond acceptors (Lipinski definition) is 5. The van der Waals surface area contributed by atoms with Crippen molar-refractivity contribution in [3.05, 3.63) is 17.0 Å². The molecule has 1 rings (SSSR count). The van der Waals surface area contributed by atoms with Gasteiger partial charge in [0.1, 0.15) is 4.21 Å². The number of thiophene rings is 1. The molecule has 0 aliphatic heterocycles. The Morgan fingerprint density at radius 2 is 2.05 bits per heavy atom. The average molecular weight is 337 g/mol. The van der Waals surface area contributed by atoms with Crippen LogP contribution in [0.3, 0.4) is 0 Å². The normalized spacial score (nSPS) is 13.1. The standard InChI is InChI=1S/C13H24N2O2S3/c1-10(2)14-7-11-6-12(19-8-11)20(16,17)15-9-13(3,4)18-5/h6,8,10,14-15H,7,9H2,1-5H3. The molecule has 1 heterocycles. The van der Waals surface area contributed by atoms with Gasteiger partial charge in [-0.1, -0.05) is 13.8 Å². The van der Waals surface area contributed by atoms with Crippen LogP contribution in [-0.2, 0) is 16.6 Å². The van der Waals surface area contributed by atoms with Crippen LogP contribution in [0.1, 0.15) is 33.3 Å². The highest BCUT2D eigenvalue weighted by Gasteiger charge is 2.22. The van der Waals surface area contributed by atoms with E-state index in [4.69, 9.17) is 0 Å². The van der Waals surface area contributed by atoms with Crippen LogP contribution in [-0.4, -0.2) is 32.0 Å². The van der Waals surface area contributed by atoms with Crippen LogP contribution in [0, 0.1) is 0 Å². The highest BCUT2D eigenvalue weighted by Crippen LogP contribution is 2.23. The van der Waals surface area contributed by atoms with Gasteiger partial charge in [-0.25, -0.2) is 13.1 Å². The first-order chi connectivity index (χ1) is 9.16. The Hall–Kier alpha value is -0.0800. The smallest absolute Gasteiger partial charge is 0.250 e. The lowest BCUT2D eigenvalue weighted by Gasteiger charge is -2.21. The first kappa shape index (κ1) is 18.0. The lowest BCUT2D eigenvalue weighted by molar-refractivity contribution is 0.572. The molecule has 0 aliphatic rings. The molecule has 0 saturated carbocycles. The zero-order valence-corrected chi connectivity index (χ0v) is 15.1. The van der Waals surface area contributed by atoms with Gasteiger partial charge in [-0.15, -0.1) is 11.3 Å². The van der Waals surface area contributed by atoms with Crippen LogP contribution in [0.25, 0.3) is 0 Å². The monoisotopic (exact) mass is 336 g/mol. The van der Waals surface area contributed by atoms with Gasteiger partial charge in [0.05, 0.1) is 0 Å². The summed E-state index contributed by atoms with van der Waals surface area (Å²) in [5.74, 6) is 0. The Morgan fingerprint density at radius 1 is 1.40 bits per heavy atom. The van der Waals surface area contributed by atoms with Gasteiger partial charge in [0, 0.05) is 23.9 Å². The van der Waals surface area contributed by atoms with E-state index in [2.05, 4.69) is 23.9 Å². The molecule has 0 aromatic carbocycles. The molecule has 1 aromatic rings. The summed E-state index contributed by atoms with van der Waals surface area (Å²) in [5.41, 5.74) is 1.01. The molecule has 2 N–H and O–H groups in total. The van der Waals surface area contributed by atoms with E-state index in [1.54, 1.807) is 17.8 Å². The molecule has 0 amide bonds. The lowest BCUT2D eigenvalue weighted by Crippen LogP contribution is -2.35. The summed E-state index contributed by atoms with van der Waals surface area (Å²) < 4.78 is 27.4. The molecule has 0 atom stereocenters. The van der Waals surface area contributed by atoms with Crippen molar-refractivity contribution in [3.63, 3.8) is 0 Å². The minimum atomic E-state index is -3.39. The van der Waals surface area contributed by atoms with E-state index in [0.717, 1.165) is 5.56 Å². The summed E-state index contributed by atoms with van der Waals surface area (Å²) in [6, 6.07) is 2.13. The van der Waals surface area contributed by atoms with Crippen LogP contribution < -0.4 is 10.0 Å². The van der Waals surface area contributed by atoms with E-state index < -0.39 is 10.0 Å². The maximum Gasteiger partial charge on any atom is 0.250 e. The minimum Gasteiger partial charge on any atom is -0.310 e. The second-order valence-electron chi connectivity index (χ2n) is 5.60. The molecule has 4 nitrogen and oxygen atoms in total. The van der Waals surface area contributed by atoms with Crippen molar-refractivity contribution < 1.29 is 8.42 Å². The molecule has 0 unspecified atom stereocenters. The zero-order chi connectivity index (χ0) is 15.4. The third-order valence-corrected chi connectivity index (χ3v) is 6.99. The number of thioether (sulfide) groups is 1. The van der Waals surface area contributed by atoms with Crippen molar-refractivity contribution >= 4 is 33.1 Å². The Kier molecular flexibility index (Phi) is 6.53. The Balaban J connectivity index is 2.69. The Labute approximate surface area is 130 Å². The van der Waals surface area contributed by atoms with E-state index in [1.165, 1.54) is 11.3 Å². The highest BCUT2D eigenvalue weighted by molar-refractivity contribution is 8.00. The van der Waals surface area contributed by atoms with Gasteiger partial charge in [0.2, 0.25) is 10.0 Å². The molecule has 116 valence electrons. The van der Waals surface area contributed by atoms with Crippen LogP contribution in [0.2, 0.25) is 0 Å². The molecular formula is C13H24N2O2S3. The van der Waals surface area contributed by atoms with Crippen LogP contribution in [0.4, 0.5) is 0 Å². The molecule has 1 aromatic heterocycles. The fraction of sp³-hybridized carbons (Fsp3) is 0.692. The molecule has 0 saturated heterocycles. The summed E-state index contributed by atoms with van der Waals surface area (Å²) in [4.78, 5) is 0. The first-order valence-corrected chi connectivity index (χ1v) is 10.1. The molecule has 0 aliphatic carbocycles. The van der Waals surface area contributed by atoms with Crippen LogP contribution in [0.15, 0.2) is 15.7 Å². The first-order valence-electron chi connectivity index (χ1n) is 6.52. The van der Waals surface area contributed by atoms with Gasteiger partial charge >= 0.3 is 0 Å². The van der Waals surface area contributed by atoms with Crippen molar-refractivity contribution in [3.8, 4) is 0 Å². The van der Waals surface area contributed by atoms with Crippen molar-refractivity contribution in [1.29, 1.82) is 0 Å². The van der Waals surface area contributed by atoms with E-state index >= 15 is 0 Å². The van der Waals surface area contributed by atoms with Crippen molar-refractivity contribution in [2.75, 3.05) is 12.8 Å². The van der Waals surface area contributed by atoms with Crippen LogP contribution in [0.5, 0.6) is 0 Å². The maximum atomic E-state index is 12.2. The number of sulfonamides is 1. The molecule has 20 heavy (non-hydrogen) atoms. The van der Waals surface area contributed by atoms with Gasteiger partial charge in [0.15, 0.2) is 0 Å². The van der Waals surface area contributed by atoms with Gasteiger partial charge in [0.25, 0.3) is 0 Å². The summed E-state index contributed by atoms with van der Waals surface area (Å²) in [6.07, 6.45) is 1.98. The SMILES string of the molecule is CSC(C)(C)CNS(=O)(=O)c1cc(CNC(C)C)cs1. The average Bonchev–Trinajstić information content (AvgIpc) is 2.84. The predicted molar refractivity (Wildman–Crippen MR) is 89.1 cm³/mol. The van der Waals surface area contributed by atoms with Crippen molar-refractivity contribution in [1.82, 2.24) is 10.0 Å². The number of hydrogen-bond donors (Lipinski definition) is 2. The molecular weight excluding hydrogens is 312 g/mol. The quantitative estimate of drug-likeness (QED) is 0.766. The van der Waals surface area contributed by atoms with Gasteiger partial charge in [-0.3, -0.25) is 0 Å². The number of rotatable bonds is 8. The molecule has 0 bridgehead atoms. The van der Waals surface area contributed by atoms with Gasteiger partial charge in [-0.2, -0.15) is 11.8 Å². The third kappa shape index (κ3) is 5.73. The molecule has 7 heteroatoms. The fourth-order valence-electron chi connectivity index (χ4n) is 1.32. The largest absolute Gasteiger partial charge is 0.310 e. The molecule has 0 fully saturated rings.